The topological polar surface area (TPSA) is 131 Å². The maximum absolute atomic E-state index is 12.7. The lowest BCUT2D eigenvalue weighted by Crippen LogP contribution is -2.45. The van der Waals surface area contributed by atoms with Crippen molar-refractivity contribution in [2.45, 2.75) is 225 Å². The fourth-order valence-electron chi connectivity index (χ4n) is 6.44. The number of carbonyl (C=O) groups is 1. The van der Waals surface area contributed by atoms with Crippen LogP contribution in [0.3, 0.4) is 0 Å². The van der Waals surface area contributed by atoms with Crippen LogP contribution in [0.15, 0.2) is 24.3 Å². The van der Waals surface area contributed by atoms with Crippen LogP contribution in [-0.4, -0.2) is 47.8 Å². The number of hydrogen-bond donors (Lipinski definition) is 4. The van der Waals surface area contributed by atoms with Crippen molar-refractivity contribution in [3.05, 3.63) is 24.3 Å². The molecule has 9 heteroatoms. The molecule has 1 amide bonds. The molecule has 0 saturated carbocycles. The molecule has 0 aliphatic carbocycles. The molecule has 0 aliphatic rings. The SMILES string of the molecule is CCCCCCCCCC/C=C/CC/C=C/C(O)C(COP(=O)(O)OCCN)NC(=O)CCCCCCCCCCCCCCCCCCCCC. The number of phosphoric ester groups is 1. The monoisotopic (exact) mass is 757 g/mol. The fourth-order valence-corrected chi connectivity index (χ4v) is 7.20. The van der Waals surface area contributed by atoms with E-state index in [9.17, 15) is 19.4 Å². The highest BCUT2D eigenvalue weighted by atomic mass is 31.2. The predicted molar refractivity (Wildman–Crippen MR) is 221 cm³/mol. The Labute approximate surface area is 321 Å². The quantitative estimate of drug-likeness (QED) is 0.0277. The molecule has 0 fully saturated rings. The Morgan fingerprint density at radius 1 is 0.615 bits per heavy atom. The smallest absolute Gasteiger partial charge is 0.387 e. The highest BCUT2D eigenvalue weighted by Gasteiger charge is 2.26. The number of hydrogen-bond acceptors (Lipinski definition) is 6. The molecule has 0 bridgehead atoms. The van der Waals surface area contributed by atoms with E-state index in [0.29, 0.717) is 6.42 Å². The van der Waals surface area contributed by atoms with Gasteiger partial charge in [-0.1, -0.05) is 199 Å². The molecule has 5 N–H and O–H groups in total. The van der Waals surface area contributed by atoms with E-state index < -0.39 is 20.0 Å². The zero-order valence-electron chi connectivity index (χ0n) is 34.1. The van der Waals surface area contributed by atoms with Gasteiger partial charge in [-0.25, -0.2) is 4.57 Å². The van der Waals surface area contributed by atoms with E-state index in [1.54, 1.807) is 6.08 Å². The van der Waals surface area contributed by atoms with Crippen molar-refractivity contribution in [3.63, 3.8) is 0 Å². The van der Waals surface area contributed by atoms with Gasteiger partial charge < -0.3 is 21.1 Å². The van der Waals surface area contributed by atoms with Gasteiger partial charge >= 0.3 is 7.82 Å². The minimum Gasteiger partial charge on any atom is -0.387 e. The Hall–Kier alpha value is -1.02. The van der Waals surface area contributed by atoms with Crippen molar-refractivity contribution in [2.24, 2.45) is 5.73 Å². The lowest BCUT2D eigenvalue weighted by molar-refractivity contribution is -0.123. The highest BCUT2D eigenvalue weighted by Crippen LogP contribution is 2.43. The molecule has 0 aliphatic heterocycles. The second-order valence-electron chi connectivity index (χ2n) is 14.9. The van der Waals surface area contributed by atoms with Crippen LogP contribution in [0.2, 0.25) is 0 Å². The minimum atomic E-state index is -4.34. The summed E-state index contributed by atoms with van der Waals surface area (Å²) in [6.45, 7) is 4.12. The van der Waals surface area contributed by atoms with Gasteiger partial charge in [0.2, 0.25) is 5.91 Å². The van der Waals surface area contributed by atoms with E-state index in [1.807, 2.05) is 6.08 Å². The van der Waals surface area contributed by atoms with Crippen molar-refractivity contribution < 1.29 is 28.4 Å². The highest BCUT2D eigenvalue weighted by molar-refractivity contribution is 7.47. The summed E-state index contributed by atoms with van der Waals surface area (Å²) in [7, 11) is -4.34. The summed E-state index contributed by atoms with van der Waals surface area (Å²) in [6, 6.07) is -0.872. The Kier molecular flexibility index (Phi) is 38.9. The molecular formula is C43H85N2O6P. The summed E-state index contributed by atoms with van der Waals surface area (Å²) < 4.78 is 22.1. The summed E-state index contributed by atoms with van der Waals surface area (Å²) in [6.07, 6.45) is 45.2. The molecule has 3 unspecified atom stereocenters. The number of rotatable bonds is 41. The molecule has 0 aromatic heterocycles. The predicted octanol–water partition coefficient (Wildman–Crippen LogP) is 12.2. The molecule has 0 radical (unpaired) electrons. The van der Waals surface area contributed by atoms with Crippen LogP contribution in [0.4, 0.5) is 0 Å². The summed E-state index contributed by atoms with van der Waals surface area (Å²) in [5.41, 5.74) is 5.37. The van der Waals surface area contributed by atoms with Gasteiger partial charge in [-0.15, -0.1) is 0 Å². The van der Waals surface area contributed by atoms with Crippen LogP contribution >= 0.6 is 7.82 Å². The van der Waals surface area contributed by atoms with Gasteiger partial charge in [-0.3, -0.25) is 13.8 Å². The van der Waals surface area contributed by atoms with Crippen molar-refractivity contribution in [3.8, 4) is 0 Å². The summed E-state index contributed by atoms with van der Waals surface area (Å²) in [5, 5.41) is 13.6. The number of allylic oxidation sites excluding steroid dienone is 3. The van der Waals surface area contributed by atoms with Gasteiger partial charge in [0.1, 0.15) is 0 Å². The first-order valence-corrected chi connectivity index (χ1v) is 23.5. The van der Waals surface area contributed by atoms with Gasteiger partial charge in [0.25, 0.3) is 0 Å². The number of amides is 1. The number of nitrogens with one attached hydrogen (secondary N) is 1. The van der Waals surface area contributed by atoms with Crippen LogP contribution in [0.1, 0.15) is 213 Å². The van der Waals surface area contributed by atoms with Gasteiger partial charge in [-0.2, -0.15) is 0 Å². The average Bonchev–Trinajstić information content (AvgIpc) is 3.13. The fraction of sp³-hybridized carbons (Fsp3) is 0.884. The molecule has 0 rings (SSSR count). The van der Waals surface area contributed by atoms with E-state index in [4.69, 9.17) is 14.8 Å². The molecule has 3 atom stereocenters. The minimum absolute atomic E-state index is 0.0758. The zero-order chi connectivity index (χ0) is 38.2. The first-order valence-electron chi connectivity index (χ1n) is 22.0. The number of unbranched alkanes of at least 4 members (excludes halogenated alkanes) is 27. The third-order valence-corrected chi connectivity index (χ3v) is 10.8. The summed E-state index contributed by atoms with van der Waals surface area (Å²) >= 11 is 0. The first-order chi connectivity index (χ1) is 25.4. The molecule has 0 heterocycles. The maximum Gasteiger partial charge on any atom is 0.472 e. The lowest BCUT2D eigenvalue weighted by Gasteiger charge is -2.23. The Morgan fingerprint density at radius 2 is 1.02 bits per heavy atom. The molecule has 0 aromatic rings. The Morgan fingerprint density at radius 3 is 1.48 bits per heavy atom. The molecule has 8 nitrogen and oxygen atoms in total. The Bertz CT molecular complexity index is 871. The molecule has 0 saturated heterocycles. The molecule has 308 valence electrons. The van der Waals surface area contributed by atoms with E-state index >= 15 is 0 Å². The second kappa shape index (κ2) is 39.7. The van der Waals surface area contributed by atoms with E-state index in [0.717, 1.165) is 38.5 Å². The number of nitrogens with two attached hydrogens (primary N) is 1. The standard InChI is InChI=1S/C43H85N2O6P/c1-3-5-7-9-11-13-15-17-19-20-21-22-23-25-27-29-31-33-35-37-43(47)45-41(40-51-52(48,49)50-39-38-44)42(46)36-34-32-30-28-26-24-18-16-14-12-10-8-6-4-2/h26,28,34,36,41-42,46H,3-25,27,29-33,35,37-40,44H2,1-2H3,(H,45,47)(H,48,49)/b28-26+,36-34+. The van der Waals surface area contributed by atoms with Gasteiger partial charge in [0.15, 0.2) is 0 Å². The van der Waals surface area contributed by atoms with E-state index in [1.165, 1.54) is 154 Å². The lowest BCUT2D eigenvalue weighted by atomic mass is 10.0. The van der Waals surface area contributed by atoms with Crippen LogP contribution < -0.4 is 11.1 Å². The van der Waals surface area contributed by atoms with Crippen LogP contribution in [-0.2, 0) is 18.4 Å². The van der Waals surface area contributed by atoms with Crippen LogP contribution in [0.25, 0.3) is 0 Å². The normalized spacial score (nSPS) is 14.3. The average molecular weight is 757 g/mol. The largest absolute Gasteiger partial charge is 0.472 e. The third-order valence-electron chi connectivity index (χ3n) is 9.78. The molecular weight excluding hydrogens is 671 g/mol. The van der Waals surface area contributed by atoms with Crippen molar-refractivity contribution >= 4 is 13.7 Å². The van der Waals surface area contributed by atoms with E-state index in [2.05, 4.69) is 31.3 Å². The van der Waals surface area contributed by atoms with Crippen molar-refractivity contribution in [1.29, 1.82) is 0 Å². The van der Waals surface area contributed by atoms with Gasteiger partial charge in [0, 0.05) is 13.0 Å². The molecule has 52 heavy (non-hydrogen) atoms. The zero-order valence-corrected chi connectivity index (χ0v) is 35.0. The van der Waals surface area contributed by atoms with Gasteiger partial charge in [0.05, 0.1) is 25.4 Å². The van der Waals surface area contributed by atoms with E-state index in [-0.39, 0.29) is 25.7 Å². The first kappa shape index (κ1) is 51.0. The van der Waals surface area contributed by atoms with Crippen molar-refractivity contribution in [1.82, 2.24) is 5.32 Å². The van der Waals surface area contributed by atoms with Gasteiger partial charge in [-0.05, 0) is 32.1 Å². The number of aliphatic hydroxyl groups excluding tert-OH is 1. The Balaban J connectivity index is 4.19. The number of phosphoric acid groups is 1. The molecule has 0 aromatic carbocycles. The third kappa shape index (κ3) is 37.3. The number of aliphatic hydroxyl groups is 1. The second-order valence-corrected chi connectivity index (χ2v) is 16.4. The summed E-state index contributed by atoms with van der Waals surface area (Å²) in [5.74, 6) is -0.201. The molecule has 0 spiro atoms. The van der Waals surface area contributed by atoms with Crippen molar-refractivity contribution in [2.75, 3.05) is 19.8 Å². The van der Waals surface area contributed by atoms with Crippen LogP contribution in [0.5, 0.6) is 0 Å². The maximum atomic E-state index is 12.7. The summed E-state index contributed by atoms with van der Waals surface area (Å²) in [4.78, 5) is 22.7. The van der Waals surface area contributed by atoms with Crippen LogP contribution in [0, 0.1) is 0 Å². The number of carbonyl (C=O) groups excluding carboxylic acids is 1.